The fourth-order valence-corrected chi connectivity index (χ4v) is 1.03. The molecule has 0 aliphatic carbocycles. The van der Waals surface area contributed by atoms with Gasteiger partial charge in [0.05, 0.1) is 10.2 Å². The second-order valence-corrected chi connectivity index (χ2v) is 3.01. The molecule has 0 unspecified atom stereocenters. The Morgan fingerprint density at radius 2 is 2.55 bits per heavy atom. The lowest BCUT2D eigenvalue weighted by Gasteiger charge is -1.92. The second kappa shape index (κ2) is 3.04. The van der Waals surface area contributed by atoms with E-state index in [1.165, 1.54) is 4.68 Å². The highest BCUT2D eigenvalue weighted by Gasteiger charge is 2.03. The predicted octanol–water partition coefficient (Wildman–Crippen LogP) is 1.04. The van der Waals surface area contributed by atoms with Crippen molar-refractivity contribution in [1.29, 1.82) is 0 Å². The van der Waals surface area contributed by atoms with Crippen molar-refractivity contribution in [2.45, 2.75) is 13.5 Å². The molecule has 4 nitrogen and oxygen atoms in total. The molecule has 0 amide bonds. The van der Waals surface area contributed by atoms with Crippen LogP contribution in [0.1, 0.15) is 5.69 Å². The number of carboxylic acid groups (broad SMARTS) is 1. The molecule has 1 N–H and O–H groups in total. The molecule has 0 fully saturated rings. The van der Waals surface area contributed by atoms with Crippen LogP contribution in [-0.4, -0.2) is 20.9 Å². The molecule has 1 aromatic rings. The zero-order valence-corrected chi connectivity index (χ0v) is 7.50. The monoisotopic (exact) mass is 218 g/mol. The second-order valence-electron chi connectivity index (χ2n) is 2.15. The third-order valence-corrected chi connectivity index (χ3v) is 1.96. The lowest BCUT2D eigenvalue weighted by atomic mass is 10.5. The van der Waals surface area contributed by atoms with Crippen molar-refractivity contribution in [3.8, 4) is 0 Å². The van der Waals surface area contributed by atoms with E-state index in [1.54, 1.807) is 6.20 Å². The van der Waals surface area contributed by atoms with Gasteiger partial charge in [-0.15, -0.1) is 0 Å². The van der Waals surface area contributed by atoms with E-state index in [1.807, 2.05) is 6.92 Å². The molecule has 5 heteroatoms. The Balaban J connectivity index is 2.81. The Morgan fingerprint density at radius 3 is 2.91 bits per heavy atom. The maximum Gasteiger partial charge on any atom is 0.325 e. The van der Waals surface area contributed by atoms with Crippen molar-refractivity contribution in [3.63, 3.8) is 0 Å². The van der Waals surface area contributed by atoms with Crippen LogP contribution in [0.5, 0.6) is 0 Å². The summed E-state index contributed by atoms with van der Waals surface area (Å²) in [5, 5.41) is 12.3. The van der Waals surface area contributed by atoms with Crippen LogP contribution in [0.3, 0.4) is 0 Å². The van der Waals surface area contributed by atoms with E-state index in [0.29, 0.717) is 0 Å². The first-order chi connectivity index (χ1) is 5.09. The van der Waals surface area contributed by atoms with E-state index >= 15 is 0 Å². The summed E-state index contributed by atoms with van der Waals surface area (Å²) in [6.45, 7) is 1.72. The van der Waals surface area contributed by atoms with Gasteiger partial charge in [-0.2, -0.15) is 5.10 Å². The zero-order valence-electron chi connectivity index (χ0n) is 5.91. The van der Waals surface area contributed by atoms with E-state index < -0.39 is 5.97 Å². The quantitative estimate of drug-likeness (QED) is 0.808. The molecule has 0 atom stereocenters. The predicted molar refractivity (Wildman–Crippen MR) is 42.3 cm³/mol. The third-order valence-electron chi connectivity index (χ3n) is 1.18. The number of aromatic nitrogens is 2. The standard InChI is InChI=1S/C6H7BrN2O2/c1-4-5(7)2-9(8-4)3-6(10)11/h2H,3H2,1H3,(H,10,11). The molecule has 0 bridgehead atoms. The molecular formula is C6H7BrN2O2. The van der Waals surface area contributed by atoms with E-state index in [0.717, 1.165) is 10.2 Å². The van der Waals surface area contributed by atoms with Crippen LogP contribution in [0.15, 0.2) is 10.7 Å². The highest BCUT2D eigenvalue weighted by Crippen LogP contribution is 2.12. The normalized spacial score (nSPS) is 10.0. The third kappa shape index (κ3) is 2.04. The first-order valence-electron chi connectivity index (χ1n) is 3.01. The average Bonchev–Trinajstić information content (AvgIpc) is 2.10. The van der Waals surface area contributed by atoms with Crippen LogP contribution < -0.4 is 0 Å². The van der Waals surface area contributed by atoms with Gasteiger partial charge in [-0.1, -0.05) is 0 Å². The van der Waals surface area contributed by atoms with Crippen LogP contribution >= 0.6 is 15.9 Å². The van der Waals surface area contributed by atoms with Gasteiger partial charge in [-0.3, -0.25) is 9.48 Å². The van der Waals surface area contributed by atoms with E-state index in [-0.39, 0.29) is 6.54 Å². The van der Waals surface area contributed by atoms with Crippen LogP contribution in [0.25, 0.3) is 0 Å². The summed E-state index contributed by atoms with van der Waals surface area (Å²) in [6, 6.07) is 0. The van der Waals surface area contributed by atoms with Gasteiger partial charge in [0, 0.05) is 6.20 Å². The Hall–Kier alpha value is -0.840. The van der Waals surface area contributed by atoms with E-state index in [2.05, 4.69) is 21.0 Å². The summed E-state index contributed by atoms with van der Waals surface area (Å²) >= 11 is 3.23. The minimum absolute atomic E-state index is 0.0908. The Labute approximate surface area is 72.0 Å². The van der Waals surface area contributed by atoms with Gasteiger partial charge >= 0.3 is 5.97 Å². The van der Waals surface area contributed by atoms with Gasteiger partial charge in [-0.25, -0.2) is 0 Å². The highest BCUT2D eigenvalue weighted by molar-refractivity contribution is 9.10. The molecule has 0 saturated carbocycles. The topological polar surface area (TPSA) is 55.1 Å². The fourth-order valence-electron chi connectivity index (χ4n) is 0.713. The molecule has 1 rings (SSSR count). The first-order valence-corrected chi connectivity index (χ1v) is 3.80. The maximum absolute atomic E-state index is 10.2. The van der Waals surface area contributed by atoms with Crippen LogP contribution in [0.2, 0.25) is 0 Å². The lowest BCUT2D eigenvalue weighted by Crippen LogP contribution is -2.08. The molecule has 0 aromatic carbocycles. The van der Waals surface area contributed by atoms with Crippen molar-refractivity contribution in [1.82, 2.24) is 9.78 Å². The van der Waals surface area contributed by atoms with Gasteiger partial charge in [0.15, 0.2) is 0 Å². The molecule has 0 saturated heterocycles. The number of aryl methyl sites for hydroxylation is 1. The molecule has 1 heterocycles. The molecule has 0 aliphatic rings. The molecule has 0 aliphatic heterocycles. The SMILES string of the molecule is Cc1nn(CC(=O)O)cc1Br. The van der Waals surface area contributed by atoms with Gasteiger partial charge in [0.1, 0.15) is 6.54 Å². The highest BCUT2D eigenvalue weighted by atomic mass is 79.9. The number of carboxylic acids is 1. The van der Waals surface area contributed by atoms with Crippen molar-refractivity contribution in [2.75, 3.05) is 0 Å². The summed E-state index contributed by atoms with van der Waals surface area (Å²) in [5.74, 6) is -0.889. The number of rotatable bonds is 2. The summed E-state index contributed by atoms with van der Waals surface area (Å²) in [4.78, 5) is 10.2. The van der Waals surface area contributed by atoms with Crippen molar-refractivity contribution >= 4 is 21.9 Å². The average molecular weight is 219 g/mol. The Kier molecular flexibility index (Phi) is 2.28. The molecule has 11 heavy (non-hydrogen) atoms. The van der Waals surface area contributed by atoms with Crippen molar-refractivity contribution in [3.05, 3.63) is 16.4 Å². The molecule has 0 radical (unpaired) electrons. The Bertz CT molecular complexity index is 263. The number of nitrogens with zero attached hydrogens (tertiary/aromatic N) is 2. The number of carbonyl (C=O) groups is 1. The van der Waals surface area contributed by atoms with Gasteiger partial charge in [-0.05, 0) is 22.9 Å². The van der Waals surface area contributed by atoms with Crippen LogP contribution in [-0.2, 0) is 11.3 Å². The smallest absolute Gasteiger partial charge is 0.325 e. The minimum atomic E-state index is -0.889. The van der Waals surface area contributed by atoms with Gasteiger partial charge < -0.3 is 5.11 Å². The van der Waals surface area contributed by atoms with Gasteiger partial charge in [0.2, 0.25) is 0 Å². The summed E-state index contributed by atoms with van der Waals surface area (Å²) in [5.41, 5.74) is 0.797. The molecule has 0 spiro atoms. The largest absolute Gasteiger partial charge is 0.480 e. The minimum Gasteiger partial charge on any atom is -0.480 e. The number of halogens is 1. The molecule has 1 aromatic heterocycles. The van der Waals surface area contributed by atoms with Crippen LogP contribution in [0.4, 0.5) is 0 Å². The van der Waals surface area contributed by atoms with Crippen molar-refractivity contribution in [2.24, 2.45) is 0 Å². The van der Waals surface area contributed by atoms with E-state index in [4.69, 9.17) is 5.11 Å². The number of hydrogen-bond donors (Lipinski definition) is 1. The first kappa shape index (κ1) is 8.26. The Morgan fingerprint density at radius 1 is 1.91 bits per heavy atom. The van der Waals surface area contributed by atoms with Crippen molar-refractivity contribution < 1.29 is 9.90 Å². The number of aliphatic carboxylic acids is 1. The van der Waals surface area contributed by atoms with Gasteiger partial charge in [0.25, 0.3) is 0 Å². The molecule has 60 valence electrons. The number of hydrogen-bond acceptors (Lipinski definition) is 2. The zero-order chi connectivity index (χ0) is 8.43. The van der Waals surface area contributed by atoms with E-state index in [9.17, 15) is 4.79 Å². The van der Waals surface area contributed by atoms with Crippen LogP contribution in [0, 0.1) is 6.92 Å². The maximum atomic E-state index is 10.2. The fraction of sp³-hybridized carbons (Fsp3) is 0.333. The summed E-state index contributed by atoms with van der Waals surface area (Å²) < 4.78 is 2.21. The summed E-state index contributed by atoms with van der Waals surface area (Å²) in [6.07, 6.45) is 1.64. The lowest BCUT2D eigenvalue weighted by molar-refractivity contribution is -0.137. The summed E-state index contributed by atoms with van der Waals surface area (Å²) in [7, 11) is 0. The molecular weight excluding hydrogens is 212 g/mol.